The van der Waals surface area contributed by atoms with Crippen molar-refractivity contribution >= 4 is 23.2 Å². The first-order chi connectivity index (χ1) is 9.06. The van der Waals surface area contributed by atoms with Crippen LogP contribution in [0.15, 0.2) is 18.2 Å². The molecule has 1 aromatic carbocycles. The van der Waals surface area contributed by atoms with Crippen LogP contribution in [0.4, 0.5) is 0 Å². The zero-order valence-electron chi connectivity index (χ0n) is 11.6. The molecule has 0 amide bonds. The molecule has 1 N–H and O–H groups in total. The van der Waals surface area contributed by atoms with Gasteiger partial charge < -0.3 is 5.32 Å². The average Bonchev–Trinajstić information content (AvgIpc) is 2.59. The lowest BCUT2D eigenvalue weighted by molar-refractivity contribution is 0.238. The second-order valence-corrected chi connectivity index (χ2v) is 6.46. The Balaban J connectivity index is 2.02. The lowest BCUT2D eigenvalue weighted by Gasteiger charge is -2.26. The largest absolute Gasteiger partial charge is 0.312 e. The second-order valence-electron chi connectivity index (χ2n) is 5.64. The Morgan fingerprint density at radius 2 is 2.11 bits per heavy atom. The molecule has 1 aromatic rings. The summed E-state index contributed by atoms with van der Waals surface area (Å²) >= 11 is 12.0. The van der Waals surface area contributed by atoms with Gasteiger partial charge in [0.15, 0.2) is 0 Å². The molecule has 1 heterocycles. The van der Waals surface area contributed by atoms with E-state index in [9.17, 15) is 0 Å². The van der Waals surface area contributed by atoms with Gasteiger partial charge in [-0.05, 0) is 43.1 Å². The zero-order chi connectivity index (χ0) is 13.8. The lowest BCUT2D eigenvalue weighted by atomic mass is 10.0. The normalized spacial score (nSPS) is 21.6. The molecule has 1 atom stereocenters. The Labute approximate surface area is 126 Å². The molecule has 1 unspecified atom stereocenters. The van der Waals surface area contributed by atoms with E-state index in [-0.39, 0.29) is 0 Å². The smallest absolute Gasteiger partial charge is 0.0595 e. The topological polar surface area (TPSA) is 15.3 Å². The van der Waals surface area contributed by atoms with Crippen LogP contribution in [-0.2, 0) is 6.54 Å². The van der Waals surface area contributed by atoms with E-state index in [1.807, 2.05) is 12.1 Å². The summed E-state index contributed by atoms with van der Waals surface area (Å²) in [6, 6.07) is 6.50. The van der Waals surface area contributed by atoms with Crippen molar-refractivity contribution < 1.29 is 0 Å². The van der Waals surface area contributed by atoms with Crippen molar-refractivity contribution in [3.63, 3.8) is 0 Å². The van der Waals surface area contributed by atoms with Crippen molar-refractivity contribution in [1.82, 2.24) is 10.2 Å². The van der Waals surface area contributed by atoms with Gasteiger partial charge in [0.25, 0.3) is 0 Å². The number of benzene rings is 1. The highest BCUT2D eigenvalue weighted by Gasteiger charge is 2.20. The molecular weight excluding hydrogens is 279 g/mol. The summed E-state index contributed by atoms with van der Waals surface area (Å²) in [6.07, 6.45) is 1.20. The molecule has 19 heavy (non-hydrogen) atoms. The molecule has 1 saturated heterocycles. The van der Waals surface area contributed by atoms with Crippen molar-refractivity contribution in [3.8, 4) is 0 Å². The standard InChI is InChI=1S/C15H22Cl2N2/c1-11(2)15-10-19(7-3-6-18-15)9-12-4-5-13(16)14(17)8-12/h4-5,8,11,15,18H,3,6-7,9-10H2,1-2H3. The molecule has 106 valence electrons. The number of rotatable bonds is 3. The molecule has 2 nitrogen and oxygen atoms in total. The van der Waals surface area contributed by atoms with Crippen LogP contribution in [0, 0.1) is 5.92 Å². The van der Waals surface area contributed by atoms with E-state index in [4.69, 9.17) is 23.2 Å². The zero-order valence-corrected chi connectivity index (χ0v) is 13.1. The summed E-state index contributed by atoms with van der Waals surface area (Å²) in [6.45, 7) is 8.84. The highest BCUT2D eigenvalue weighted by atomic mass is 35.5. The van der Waals surface area contributed by atoms with Crippen LogP contribution in [0.5, 0.6) is 0 Å². The van der Waals surface area contributed by atoms with Crippen LogP contribution in [0.1, 0.15) is 25.8 Å². The van der Waals surface area contributed by atoms with Crippen LogP contribution in [0.2, 0.25) is 10.0 Å². The van der Waals surface area contributed by atoms with Crippen LogP contribution in [0.3, 0.4) is 0 Å². The number of hydrogen-bond donors (Lipinski definition) is 1. The Morgan fingerprint density at radius 3 is 2.79 bits per heavy atom. The van der Waals surface area contributed by atoms with Gasteiger partial charge in [-0.15, -0.1) is 0 Å². The van der Waals surface area contributed by atoms with E-state index >= 15 is 0 Å². The first kappa shape index (κ1) is 15.1. The fourth-order valence-corrected chi connectivity index (χ4v) is 2.83. The van der Waals surface area contributed by atoms with E-state index in [2.05, 4.69) is 30.1 Å². The van der Waals surface area contributed by atoms with Crippen LogP contribution < -0.4 is 5.32 Å². The summed E-state index contributed by atoms with van der Waals surface area (Å²) in [5.74, 6) is 0.661. The van der Waals surface area contributed by atoms with Gasteiger partial charge in [0.2, 0.25) is 0 Å². The van der Waals surface area contributed by atoms with Crippen LogP contribution in [-0.4, -0.2) is 30.6 Å². The first-order valence-electron chi connectivity index (χ1n) is 6.96. The van der Waals surface area contributed by atoms with E-state index in [0.717, 1.165) is 26.2 Å². The van der Waals surface area contributed by atoms with E-state index in [1.54, 1.807) is 0 Å². The van der Waals surface area contributed by atoms with Gasteiger partial charge >= 0.3 is 0 Å². The predicted octanol–water partition coefficient (Wildman–Crippen LogP) is 3.81. The van der Waals surface area contributed by atoms with E-state index in [0.29, 0.717) is 22.0 Å². The summed E-state index contributed by atoms with van der Waals surface area (Å²) in [5, 5.41) is 4.90. The lowest BCUT2D eigenvalue weighted by Crippen LogP contribution is -2.41. The molecule has 4 heteroatoms. The maximum absolute atomic E-state index is 6.08. The molecule has 0 bridgehead atoms. The van der Waals surface area contributed by atoms with Crippen molar-refractivity contribution in [2.75, 3.05) is 19.6 Å². The SMILES string of the molecule is CC(C)C1CN(Cc2ccc(Cl)c(Cl)c2)CCCN1. The van der Waals surface area contributed by atoms with Crippen molar-refractivity contribution in [1.29, 1.82) is 0 Å². The summed E-state index contributed by atoms with van der Waals surface area (Å²) in [5.41, 5.74) is 1.24. The predicted molar refractivity (Wildman–Crippen MR) is 83.0 cm³/mol. The summed E-state index contributed by atoms with van der Waals surface area (Å²) < 4.78 is 0. The number of hydrogen-bond acceptors (Lipinski definition) is 2. The molecular formula is C15H22Cl2N2. The van der Waals surface area contributed by atoms with Gasteiger partial charge in [0.05, 0.1) is 10.0 Å². The third kappa shape index (κ3) is 4.35. The Kier molecular flexibility index (Phi) is 5.52. The maximum Gasteiger partial charge on any atom is 0.0595 e. The fourth-order valence-electron chi connectivity index (χ4n) is 2.51. The second kappa shape index (κ2) is 6.94. The minimum atomic E-state index is 0.574. The van der Waals surface area contributed by atoms with E-state index < -0.39 is 0 Å². The minimum Gasteiger partial charge on any atom is -0.312 e. The quantitative estimate of drug-likeness (QED) is 0.913. The third-order valence-corrected chi connectivity index (χ3v) is 4.45. The molecule has 0 aliphatic carbocycles. The fraction of sp³-hybridized carbons (Fsp3) is 0.600. The molecule has 1 aliphatic rings. The molecule has 2 rings (SSSR count). The van der Waals surface area contributed by atoms with E-state index in [1.165, 1.54) is 12.0 Å². The third-order valence-electron chi connectivity index (χ3n) is 3.71. The molecule has 0 aromatic heterocycles. The van der Waals surface area contributed by atoms with Crippen LogP contribution >= 0.6 is 23.2 Å². The average molecular weight is 301 g/mol. The van der Waals surface area contributed by atoms with Gasteiger partial charge in [0.1, 0.15) is 0 Å². The van der Waals surface area contributed by atoms with Gasteiger partial charge in [-0.1, -0.05) is 43.1 Å². The first-order valence-corrected chi connectivity index (χ1v) is 7.71. The monoisotopic (exact) mass is 300 g/mol. The van der Waals surface area contributed by atoms with Crippen molar-refractivity contribution in [2.24, 2.45) is 5.92 Å². The maximum atomic E-state index is 6.08. The Hall–Kier alpha value is -0.280. The van der Waals surface area contributed by atoms with Gasteiger partial charge in [-0.3, -0.25) is 4.90 Å². The van der Waals surface area contributed by atoms with Crippen molar-refractivity contribution in [2.45, 2.75) is 32.9 Å². The molecule has 0 radical (unpaired) electrons. The molecule has 1 aliphatic heterocycles. The number of halogens is 2. The summed E-state index contributed by atoms with van der Waals surface area (Å²) in [7, 11) is 0. The van der Waals surface area contributed by atoms with Crippen LogP contribution in [0.25, 0.3) is 0 Å². The highest BCUT2D eigenvalue weighted by Crippen LogP contribution is 2.23. The van der Waals surface area contributed by atoms with Gasteiger partial charge in [-0.2, -0.15) is 0 Å². The number of nitrogens with zero attached hydrogens (tertiary/aromatic N) is 1. The number of nitrogens with one attached hydrogen (secondary N) is 1. The molecule has 0 spiro atoms. The minimum absolute atomic E-state index is 0.574. The molecule has 1 fully saturated rings. The summed E-state index contributed by atoms with van der Waals surface area (Å²) in [4.78, 5) is 2.50. The van der Waals surface area contributed by atoms with Crippen molar-refractivity contribution in [3.05, 3.63) is 33.8 Å². The van der Waals surface area contributed by atoms with Gasteiger partial charge in [-0.25, -0.2) is 0 Å². The van der Waals surface area contributed by atoms with Gasteiger partial charge in [0, 0.05) is 19.1 Å². The Bertz CT molecular complexity index is 421. The Morgan fingerprint density at radius 1 is 1.32 bits per heavy atom. The molecule has 0 saturated carbocycles. The highest BCUT2D eigenvalue weighted by molar-refractivity contribution is 6.42.